The predicted octanol–water partition coefficient (Wildman–Crippen LogP) is 7.52. The Hall–Kier alpha value is -5.59. The number of amides is 2. The maximum absolute atomic E-state index is 14.4. The number of nitrogens with one attached hydrogen (secondary N) is 1. The SMILES string of the molecule is COC(=O)C[C@@H]1N=C(c2ccc(Cl)cc2)c2c(sc(C(=O)N3CCN(CCCNC(=O)C[C@@H]4N=C(c5ccc(Cl)cc5)c5c(sc(C)c5C)-n5c(C)nnc54)CC3)c2C)-n2c(C)nnc21. The fraction of sp³-hybridized carbons (Fsp3) is 0.370. The van der Waals surface area contributed by atoms with Crippen LogP contribution in [0.4, 0.5) is 0 Å². The molecular weight excluding hydrogens is 906 g/mol. The van der Waals surface area contributed by atoms with Crippen LogP contribution in [-0.2, 0) is 14.3 Å². The van der Waals surface area contributed by atoms with Gasteiger partial charge in [-0.15, -0.1) is 43.1 Å². The normalized spacial score (nSPS) is 17.0. The molecule has 0 radical (unpaired) electrons. The Kier molecular flexibility index (Phi) is 12.6. The van der Waals surface area contributed by atoms with Gasteiger partial charge in [-0.3, -0.25) is 38.4 Å². The average Bonchev–Trinajstić information content (AvgIpc) is 4.00. The topological polar surface area (TPSA) is 165 Å². The van der Waals surface area contributed by atoms with E-state index in [-0.39, 0.29) is 24.7 Å². The van der Waals surface area contributed by atoms with E-state index < -0.39 is 18.1 Å². The second-order valence-corrected chi connectivity index (χ2v) is 19.5. The van der Waals surface area contributed by atoms with Crippen molar-refractivity contribution >= 4 is 75.1 Å². The summed E-state index contributed by atoms with van der Waals surface area (Å²) in [4.78, 5) is 56.9. The number of methoxy groups -OCH3 is 1. The van der Waals surface area contributed by atoms with Crippen LogP contribution in [0.5, 0.6) is 0 Å². The number of aryl methyl sites for hydroxylation is 3. The quantitative estimate of drug-likeness (QED) is 0.102. The number of aromatic nitrogens is 6. The first kappa shape index (κ1) is 44.6. The Morgan fingerprint density at radius 3 is 1.78 bits per heavy atom. The molecule has 3 aliphatic rings. The van der Waals surface area contributed by atoms with Crippen molar-refractivity contribution in [3.8, 4) is 10.0 Å². The number of thiophene rings is 2. The molecule has 1 saturated heterocycles. The maximum atomic E-state index is 14.4. The van der Waals surface area contributed by atoms with Gasteiger partial charge in [0.2, 0.25) is 5.91 Å². The number of fused-ring (bicyclic) bond motifs is 6. The number of halogens is 2. The molecule has 2 aromatic carbocycles. The molecule has 65 heavy (non-hydrogen) atoms. The van der Waals surface area contributed by atoms with Gasteiger partial charge in [0.15, 0.2) is 11.6 Å². The van der Waals surface area contributed by atoms with Gasteiger partial charge < -0.3 is 15.0 Å². The number of rotatable bonds is 11. The minimum atomic E-state index is -0.658. The Bertz CT molecular complexity index is 2890. The lowest BCUT2D eigenvalue weighted by Gasteiger charge is -2.34. The Labute approximate surface area is 394 Å². The summed E-state index contributed by atoms with van der Waals surface area (Å²) in [5, 5.41) is 23.9. The number of piperazine rings is 1. The van der Waals surface area contributed by atoms with E-state index in [1.165, 1.54) is 23.3 Å². The van der Waals surface area contributed by atoms with Gasteiger partial charge in [-0.05, 0) is 83.0 Å². The van der Waals surface area contributed by atoms with E-state index in [0.29, 0.717) is 70.8 Å². The van der Waals surface area contributed by atoms with Gasteiger partial charge in [-0.1, -0.05) is 47.5 Å². The number of hydrogen-bond acceptors (Lipinski definition) is 13. The van der Waals surface area contributed by atoms with Crippen LogP contribution in [0.2, 0.25) is 10.0 Å². The lowest BCUT2D eigenvalue weighted by Crippen LogP contribution is -2.49. The van der Waals surface area contributed by atoms with E-state index >= 15 is 0 Å². The van der Waals surface area contributed by atoms with Crippen molar-refractivity contribution in [1.82, 2.24) is 44.6 Å². The van der Waals surface area contributed by atoms with Gasteiger partial charge >= 0.3 is 5.97 Å². The van der Waals surface area contributed by atoms with Gasteiger partial charge in [0.25, 0.3) is 5.91 Å². The molecule has 0 unspecified atom stereocenters. The molecule has 2 atom stereocenters. The molecular formula is C46H47Cl2N11O4S2. The van der Waals surface area contributed by atoms with Crippen molar-refractivity contribution < 1.29 is 19.1 Å². The molecule has 6 aromatic rings. The first-order chi connectivity index (χ1) is 31.3. The number of esters is 1. The number of nitrogens with zero attached hydrogens (tertiary/aromatic N) is 10. The Morgan fingerprint density at radius 2 is 1.23 bits per heavy atom. The largest absolute Gasteiger partial charge is 0.469 e. The molecule has 3 aliphatic heterocycles. The second-order valence-electron chi connectivity index (χ2n) is 16.4. The minimum absolute atomic E-state index is 0.0226. The van der Waals surface area contributed by atoms with E-state index in [1.54, 1.807) is 23.5 Å². The number of ether oxygens (including phenoxy) is 1. The maximum Gasteiger partial charge on any atom is 0.308 e. The van der Waals surface area contributed by atoms with Gasteiger partial charge in [0.05, 0.1) is 36.3 Å². The van der Waals surface area contributed by atoms with Gasteiger partial charge in [0, 0.05) is 69.9 Å². The summed E-state index contributed by atoms with van der Waals surface area (Å²) < 4.78 is 8.99. The average molecular weight is 953 g/mol. The van der Waals surface area contributed by atoms with Crippen molar-refractivity contribution in [3.05, 3.63) is 125 Å². The molecule has 19 heteroatoms. The van der Waals surface area contributed by atoms with Crippen LogP contribution in [0.25, 0.3) is 10.0 Å². The fourth-order valence-corrected chi connectivity index (χ4v) is 11.5. The van der Waals surface area contributed by atoms with Gasteiger partial charge in [0.1, 0.15) is 33.7 Å². The summed E-state index contributed by atoms with van der Waals surface area (Å²) in [7, 11) is 1.35. The van der Waals surface area contributed by atoms with E-state index in [0.717, 1.165) is 67.9 Å². The van der Waals surface area contributed by atoms with Crippen LogP contribution < -0.4 is 5.32 Å². The van der Waals surface area contributed by atoms with Crippen LogP contribution >= 0.6 is 45.9 Å². The zero-order chi connectivity index (χ0) is 45.7. The zero-order valence-electron chi connectivity index (χ0n) is 36.8. The highest BCUT2D eigenvalue weighted by atomic mass is 35.5. The molecule has 2 amide bonds. The molecule has 0 spiro atoms. The van der Waals surface area contributed by atoms with E-state index in [2.05, 4.69) is 49.0 Å². The van der Waals surface area contributed by atoms with Crippen LogP contribution in [0.15, 0.2) is 58.5 Å². The lowest BCUT2D eigenvalue weighted by molar-refractivity contribution is -0.141. The summed E-state index contributed by atoms with van der Waals surface area (Å²) in [6.07, 6.45) is 0.842. The van der Waals surface area contributed by atoms with Gasteiger partial charge in [-0.2, -0.15) is 0 Å². The van der Waals surface area contributed by atoms with Crippen molar-refractivity contribution in [3.63, 3.8) is 0 Å². The first-order valence-corrected chi connectivity index (χ1v) is 23.8. The molecule has 7 heterocycles. The summed E-state index contributed by atoms with van der Waals surface area (Å²) in [6.45, 7) is 13.7. The monoisotopic (exact) mass is 951 g/mol. The van der Waals surface area contributed by atoms with Crippen LogP contribution in [0, 0.1) is 34.6 Å². The number of carbonyl (C=O) groups is 3. The summed E-state index contributed by atoms with van der Waals surface area (Å²) >= 11 is 15.6. The second kappa shape index (κ2) is 18.4. The number of carbonyl (C=O) groups excluding carboxylic acids is 3. The molecule has 0 aliphatic carbocycles. The fourth-order valence-electron chi connectivity index (χ4n) is 8.70. The smallest absolute Gasteiger partial charge is 0.308 e. The number of aliphatic imine (C=N–C) groups is 2. The molecule has 1 N–H and O–H groups in total. The number of hydrogen-bond donors (Lipinski definition) is 1. The first-order valence-electron chi connectivity index (χ1n) is 21.4. The molecule has 0 bridgehead atoms. The third-order valence-electron chi connectivity index (χ3n) is 12.3. The molecule has 4 aromatic heterocycles. The van der Waals surface area contributed by atoms with Crippen molar-refractivity contribution in [1.29, 1.82) is 0 Å². The highest BCUT2D eigenvalue weighted by molar-refractivity contribution is 7.17. The summed E-state index contributed by atoms with van der Waals surface area (Å²) in [6, 6.07) is 13.8. The van der Waals surface area contributed by atoms with Gasteiger partial charge in [-0.25, -0.2) is 0 Å². The van der Waals surface area contributed by atoms with E-state index in [4.69, 9.17) is 37.9 Å². The molecule has 0 saturated carbocycles. The molecule has 336 valence electrons. The van der Waals surface area contributed by atoms with Crippen LogP contribution in [0.1, 0.15) is 103 Å². The Balaban J connectivity index is 0.852. The predicted molar refractivity (Wildman–Crippen MR) is 253 cm³/mol. The van der Waals surface area contributed by atoms with E-state index in [1.807, 2.05) is 66.6 Å². The van der Waals surface area contributed by atoms with Crippen molar-refractivity contribution in [2.75, 3.05) is 46.4 Å². The standard InChI is InChI=1S/C46H47Cl2N11O4S2/c1-24-26(3)64-45-37(24)39(29-8-12-31(47)13-9-29)50-33(42-54-52-27(4)58(42)45)22-35(60)49-16-7-17-56-18-20-57(21-19-56)44(62)41-25(2)38-40(30-10-14-32(48)15-11-30)51-34(23-36(61)63-6)43-55-53-28(5)59(43)46(38)65-41/h8-15,33-34H,7,16-23H2,1-6H3,(H,49,60)/t33-,34-/m0/s1. The lowest BCUT2D eigenvalue weighted by atomic mass is 9.99. The zero-order valence-corrected chi connectivity index (χ0v) is 40.0. The van der Waals surface area contributed by atoms with Crippen LogP contribution in [0.3, 0.4) is 0 Å². The third-order valence-corrected chi connectivity index (χ3v) is 15.2. The van der Waals surface area contributed by atoms with Crippen molar-refractivity contribution in [2.24, 2.45) is 9.98 Å². The minimum Gasteiger partial charge on any atom is -0.469 e. The highest BCUT2D eigenvalue weighted by Crippen LogP contribution is 2.42. The van der Waals surface area contributed by atoms with Crippen molar-refractivity contribution in [2.45, 2.75) is 66.0 Å². The molecule has 1 fully saturated rings. The van der Waals surface area contributed by atoms with E-state index in [9.17, 15) is 14.4 Å². The molecule has 9 rings (SSSR count). The third kappa shape index (κ3) is 8.55. The molecule has 15 nitrogen and oxygen atoms in total. The number of benzene rings is 2. The summed E-state index contributed by atoms with van der Waals surface area (Å²) in [5.74, 6) is 1.93. The highest BCUT2D eigenvalue weighted by Gasteiger charge is 2.36. The Morgan fingerprint density at radius 1 is 0.708 bits per heavy atom. The summed E-state index contributed by atoms with van der Waals surface area (Å²) in [5.41, 5.74) is 6.93. The van der Waals surface area contributed by atoms with Crippen LogP contribution in [-0.4, -0.2) is 115 Å².